The molecule has 0 radical (unpaired) electrons. The highest BCUT2D eigenvalue weighted by Gasteiger charge is 2.20. The van der Waals surface area contributed by atoms with Gasteiger partial charge >= 0.3 is 0 Å². The SMILES string of the molecule is CCC(CC)C(CNCc1cccc(F)c1O)N(C)C. The Bertz CT molecular complexity index is 405. The lowest BCUT2D eigenvalue weighted by molar-refractivity contribution is 0.193. The summed E-state index contributed by atoms with van der Waals surface area (Å²) in [5.41, 5.74) is 0.604. The van der Waals surface area contributed by atoms with Crippen molar-refractivity contribution in [3.8, 4) is 5.75 Å². The third-order valence-electron chi connectivity index (χ3n) is 4.00. The number of likely N-dealkylation sites (N-methyl/N-ethyl adjacent to an activating group) is 1. The number of nitrogens with zero attached hydrogens (tertiary/aromatic N) is 1. The van der Waals surface area contributed by atoms with E-state index in [1.165, 1.54) is 6.07 Å². The van der Waals surface area contributed by atoms with E-state index >= 15 is 0 Å². The molecule has 3 nitrogen and oxygen atoms in total. The van der Waals surface area contributed by atoms with Crippen molar-refractivity contribution in [2.24, 2.45) is 5.92 Å². The number of phenols is 1. The van der Waals surface area contributed by atoms with Crippen LogP contribution in [0.2, 0.25) is 0 Å². The summed E-state index contributed by atoms with van der Waals surface area (Å²) in [5.74, 6) is -0.170. The van der Waals surface area contributed by atoms with Crippen molar-refractivity contribution in [3.05, 3.63) is 29.6 Å². The first-order valence-electron chi connectivity index (χ1n) is 7.34. The summed E-state index contributed by atoms with van der Waals surface area (Å²) < 4.78 is 13.2. The standard InChI is InChI=1S/C16H27FN2O/c1-5-12(6-2)15(19(3)4)11-18-10-13-8-7-9-14(17)16(13)20/h7-9,12,15,18,20H,5-6,10-11H2,1-4H3. The summed E-state index contributed by atoms with van der Waals surface area (Å²) in [5, 5.41) is 13.0. The molecule has 1 aromatic carbocycles. The molecule has 0 aliphatic heterocycles. The first-order chi connectivity index (χ1) is 9.51. The molecule has 0 fully saturated rings. The number of hydrogen-bond acceptors (Lipinski definition) is 3. The van der Waals surface area contributed by atoms with E-state index < -0.39 is 5.82 Å². The number of aromatic hydroxyl groups is 1. The third-order valence-corrected chi connectivity index (χ3v) is 4.00. The molecule has 1 rings (SSSR count). The van der Waals surface area contributed by atoms with Crippen molar-refractivity contribution < 1.29 is 9.50 Å². The van der Waals surface area contributed by atoms with Crippen molar-refractivity contribution in [2.45, 2.75) is 39.3 Å². The first kappa shape index (κ1) is 16.9. The Labute approximate surface area is 121 Å². The van der Waals surface area contributed by atoms with Crippen LogP contribution < -0.4 is 5.32 Å². The van der Waals surface area contributed by atoms with Gasteiger partial charge in [-0.25, -0.2) is 4.39 Å². The van der Waals surface area contributed by atoms with Crippen molar-refractivity contribution in [1.82, 2.24) is 10.2 Å². The highest BCUT2D eigenvalue weighted by atomic mass is 19.1. The summed E-state index contributed by atoms with van der Waals surface area (Å²) in [7, 11) is 4.18. The number of halogens is 1. The Morgan fingerprint density at radius 1 is 1.25 bits per heavy atom. The lowest BCUT2D eigenvalue weighted by Gasteiger charge is -2.31. The van der Waals surface area contributed by atoms with E-state index in [0.29, 0.717) is 24.1 Å². The molecule has 1 atom stereocenters. The monoisotopic (exact) mass is 282 g/mol. The van der Waals surface area contributed by atoms with Crippen LogP contribution in [-0.2, 0) is 6.54 Å². The normalized spacial score (nSPS) is 13.2. The molecular formula is C16H27FN2O. The number of benzene rings is 1. The Kier molecular flexibility index (Phi) is 6.96. The van der Waals surface area contributed by atoms with Crippen LogP contribution in [0.5, 0.6) is 5.75 Å². The second-order valence-corrected chi connectivity index (χ2v) is 5.49. The predicted molar refractivity (Wildman–Crippen MR) is 81.3 cm³/mol. The molecular weight excluding hydrogens is 255 g/mol. The fourth-order valence-corrected chi connectivity index (χ4v) is 2.66. The maximum Gasteiger partial charge on any atom is 0.165 e. The molecule has 0 amide bonds. The Morgan fingerprint density at radius 2 is 1.90 bits per heavy atom. The second-order valence-electron chi connectivity index (χ2n) is 5.49. The van der Waals surface area contributed by atoms with Gasteiger partial charge in [-0.3, -0.25) is 0 Å². The quantitative estimate of drug-likeness (QED) is 0.769. The maximum absolute atomic E-state index is 13.2. The zero-order valence-corrected chi connectivity index (χ0v) is 13.0. The topological polar surface area (TPSA) is 35.5 Å². The van der Waals surface area contributed by atoms with E-state index in [2.05, 4.69) is 38.2 Å². The molecule has 0 aliphatic rings. The molecule has 114 valence electrons. The van der Waals surface area contributed by atoms with Gasteiger partial charge in [-0.2, -0.15) is 0 Å². The van der Waals surface area contributed by atoms with Crippen molar-refractivity contribution >= 4 is 0 Å². The van der Waals surface area contributed by atoms with E-state index in [0.717, 1.165) is 19.4 Å². The zero-order valence-electron chi connectivity index (χ0n) is 13.0. The zero-order chi connectivity index (χ0) is 15.1. The number of rotatable bonds is 8. The molecule has 20 heavy (non-hydrogen) atoms. The number of para-hydroxylation sites is 1. The van der Waals surface area contributed by atoms with Gasteiger partial charge < -0.3 is 15.3 Å². The summed E-state index contributed by atoms with van der Waals surface area (Å²) in [6.45, 7) is 5.73. The molecule has 0 spiro atoms. The average molecular weight is 282 g/mol. The summed E-state index contributed by atoms with van der Waals surface area (Å²) in [6.07, 6.45) is 2.29. The summed E-state index contributed by atoms with van der Waals surface area (Å²) in [6, 6.07) is 5.08. The minimum atomic E-state index is -0.562. The molecule has 0 bridgehead atoms. The summed E-state index contributed by atoms with van der Waals surface area (Å²) >= 11 is 0. The van der Waals surface area contributed by atoms with Gasteiger partial charge in [0.25, 0.3) is 0 Å². The molecule has 0 saturated carbocycles. The summed E-state index contributed by atoms with van der Waals surface area (Å²) in [4.78, 5) is 2.23. The Balaban J connectivity index is 2.58. The fraction of sp³-hybridized carbons (Fsp3) is 0.625. The largest absolute Gasteiger partial charge is 0.505 e. The van der Waals surface area contributed by atoms with E-state index in [-0.39, 0.29) is 5.75 Å². The molecule has 0 aromatic heterocycles. The average Bonchev–Trinajstić information content (AvgIpc) is 2.42. The molecule has 1 aromatic rings. The highest BCUT2D eigenvalue weighted by molar-refractivity contribution is 5.33. The fourth-order valence-electron chi connectivity index (χ4n) is 2.66. The van der Waals surface area contributed by atoms with E-state index in [9.17, 15) is 9.50 Å². The number of nitrogens with one attached hydrogen (secondary N) is 1. The van der Waals surface area contributed by atoms with Gasteiger partial charge in [0.05, 0.1) is 0 Å². The molecule has 2 N–H and O–H groups in total. The van der Waals surface area contributed by atoms with Crippen molar-refractivity contribution in [3.63, 3.8) is 0 Å². The van der Waals surface area contributed by atoms with E-state index in [4.69, 9.17) is 0 Å². The van der Waals surface area contributed by atoms with E-state index in [1.807, 2.05) is 0 Å². The minimum absolute atomic E-state index is 0.246. The van der Waals surface area contributed by atoms with Gasteiger partial charge in [-0.15, -0.1) is 0 Å². The van der Waals surface area contributed by atoms with Crippen LogP contribution in [-0.4, -0.2) is 36.7 Å². The number of hydrogen-bond donors (Lipinski definition) is 2. The van der Waals surface area contributed by atoms with Crippen LogP contribution in [0.15, 0.2) is 18.2 Å². The van der Waals surface area contributed by atoms with Gasteiger partial charge in [0.2, 0.25) is 0 Å². The van der Waals surface area contributed by atoms with E-state index in [1.54, 1.807) is 12.1 Å². The van der Waals surface area contributed by atoms with Gasteiger partial charge in [-0.1, -0.05) is 38.8 Å². The lowest BCUT2D eigenvalue weighted by Crippen LogP contribution is -2.42. The van der Waals surface area contributed by atoms with Crippen LogP contribution >= 0.6 is 0 Å². The van der Waals surface area contributed by atoms with Gasteiger partial charge in [-0.05, 0) is 26.1 Å². The molecule has 0 aliphatic carbocycles. The molecule has 1 unspecified atom stereocenters. The predicted octanol–water partition coefficient (Wildman–Crippen LogP) is 2.99. The van der Waals surface area contributed by atoms with Crippen LogP contribution in [0.1, 0.15) is 32.3 Å². The first-order valence-corrected chi connectivity index (χ1v) is 7.34. The van der Waals surface area contributed by atoms with Crippen LogP contribution in [0.3, 0.4) is 0 Å². The smallest absolute Gasteiger partial charge is 0.165 e. The third kappa shape index (κ3) is 4.46. The highest BCUT2D eigenvalue weighted by Crippen LogP contribution is 2.21. The maximum atomic E-state index is 13.2. The van der Waals surface area contributed by atoms with Gasteiger partial charge in [0.15, 0.2) is 11.6 Å². The van der Waals surface area contributed by atoms with Gasteiger partial charge in [0, 0.05) is 24.7 Å². The molecule has 4 heteroatoms. The Hall–Kier alpha value is -1.13. The van der Waals surface area contributed by atoms with Crippen molar-refractivity contribution in [1.29, 1.82) is 0 Å². The molecule has 0 saturated heterocycles. The Morgan fingerprint density at radius 3 is 2.45 bits per heavy atom. The second kappa shape index (κ2) is 8.22. The molecule has 0 heterocycles. The lowest BCUT2D eigenvalue weighted by atomic mass is 9.93. The van der Waals surface area contributed by atoms with Gasteiger partial charge in [0.1, 0.15) is 0 Å². The van der Waals surface area contributed by atoms with Crippen molar-refractivity contribution in [2.75, 3.05) is 20.6 Å². The van der Waals surface area contributed by atoms with Crippen LogP contribution in [0.4, 0.5) is 4.39 Å². The van der Waals surface area contributed by atoms with Crippen LogP contribution in [0.25, 0.3) is 0 Å². The van der Waals surface area contributed by atoms with Crippen LogP contribution in [0, 0.1) is 11.7 Å². The minimum Gasteiger partial charge on any atom is -0.505 e. The number of phenolic OH excluding ortho intramolecular Hbond substituents is 1.